The summed E-state index contributed by atoms with van der Waals surface area (Å²) in [4.78, 5) is 0. The average Bonchev–Trinajstić information content (AvgIpc) is 2.20. The lowest BCUT2D eigenvalue weighted by Gasteiger charge is -2.21. The third-order valence-corrected chi connectivity index (χ3v) is 2.19. The Morgan fingerprint density at radius 2 is 2.07 bits per heavy atom. The second kappa shape index (κ2) is 4.57. The number of benzene rings is 1. The van der Waals surface area contributed by atoms with E-state index in [0.29, 0.717) is 6.42 Å². The zero-order valence-electron chi connectivity index (χ0n) is 8.76. The van der Waals surface area contributed by atoms with Crippen molar-refractivity contribution in [2.75, 3.05) is 6.61 Å². The third kappa shape index (κ3) is 3.47. The van der Waals surface area contributed by atoms with Gasteiger partial charge in [-0.1, -0.05) is 6.92 Å². The molecule has 1 rings (SSSR count). The van der Waals surface area contributed by atoms with Crippen molar-refractivity contribution in [1.29, 1.82) is 0 Å². The summed E-state index contributed by atoms with van der Waals surface area (Å²) < 4.78 is 30.8. The number of hydrogen-bond donors (Lipinski definition) is 1. The van der Waals surface area contributed by atoms with Gasteiger partial charge in [0.15, 0.2) is 11.6 Å². The van der Waals surface area contributed by atoms with E-state index in [1.165, 1.54) is 0 Å². The topological polar surface area (TPSA) is 29.5 Å². The highest BCUT2D eigenvalue weighted by Crippen LogP contribution is 2.20. The minimum atomic E-state index is -1.03. The summed E-state index contributed by atoms with van der Waals surface area (Å²) in [5.74, 6) is -1.38. The smallest absolute Gasteiger partial charge is 0.165 e. The first-order valence-electron chi connectivity index (χ1n) is 4.75. The first kappa shape index (κ1) is 11.9. The fraction of sp³-hybridized carbons (Fsp3) is 0.455. The van der Waals surface area contributed by atoms with Crippen LogP contribution in [0.1, 0.15) is 20.3 Å². The Morgan fingerprint density at radius 3 is 2.67 bits per heavy atom. The van der Waals surface area contributed by atoms with Crippen LogP contribution >= 0.6 is 0 Å². The molecule has 4 heteroatoms. The molecule has 1 atom stereocenters. The summed E-state index contributed by atoms with van der Waals surface area (Å²) in [5.41, 5.74) is -1.03. The molecule has 0 spiro atoms. The maximum atomic E-state index is 13.1. The van der Waals surface area contributed by atoms with Gasteiger partial charge in [-0.15, -0.1) is 0 Å². The maximum Gasteiger partial charge on any atom is 0.165 e. The molecule has 15 heavy (non-hydrogen) atoms. The van der Waals surface area contributed by atoms with Gasteiger partial charge in [-0.25, -0.2) is 8.78 Å². The van der Waals surface area contributed by atoms with E-state index in [1.807, 2.05) is 0 Å². The minimum Gasteiger partial charge on any atom is -0.487 e. The first-order chi connectivity index (χ1) is 6.94. The fourth-order valence-corrected chi connectivity index (χ4v) is 0.923. The van der Waals surface area contributed by atoms with Gasteiger partial charge in [0.25, 0.3) is 0 Å². The molecule has 0 saturated heterocycles. The van der Waals surface area contributed by atoms with Crippen LogP contribution in [0.2, 0.25) is 0 Å². The largest absolute Gasteiger partial charge is 0.487 e. The van der Waals surface area contributed by atoms with Gasteiger partial charge in [0.05, 0.1) is 5.60 Å². The van der Waals surface area contributed by atoms with Gasteiger partial charge in [0, 0.05) is 6.07 Å². The number of rotatable bonds is 4. The Balaban J connectivity index is 2.69. The summed E-state index contributed by atoms with van der Waals surface area (Å²) in [7, 11) is 0. The van der Waals surface area contributed by atoms with E-state index < -0.39 is 17.2 Å². The summed E-state index contributed by atoms with van der Waals surface area (Å²) >= 11 is 0. The molecule has 84 valence electrons. The van der Waals surface area contributed by atoms with Crippen LogP contribution in [0.25, 0.3) is 0 Å². The highest BCUT2D eigenvalue weighted by Gasteiger charge is 2.19. The molecule has 0 bridgehead atoms. The normalized spacial score (nSPS) is 14.7. The average molecular weight is 216 g/mol. The minimum absolute atomic E-state index is 0.0656. The van der Waals surface area contributed by atoms with Crippen LogP contribution in [0, 0.1) is 11.6 Å². The van der Waals surface area contributed by atoms with Crippen LogP contribution < -0.4 is 4.74 Å². The van der Waals surface area contributed by atoms with Crippen molar-refractivity contribution in [3.63, 3.8) is 0 Å². The molecule has 0 amide bonds. The predicted octanol–water partition coefficient (Wildman–Crippen LogP) is 2.50. The van der Waals surface area contributed by atoms with E-state index >= 15 is 0 Å². The molecule has 0 aromatic heterocycles. The molecule has 0 heterocycles. The summed E-state index contributed by atoms with van der Waals surface area (Å²) in [5, 5.41) is 9.60. The highest BCUT2D eigenvalue weighted by atomic mass is 19.1. The van der Waals surface area contributed by atoms with E-state index in [9.17, 15) is 13.9 Å². The molecule has 1 unspecified atom stereocenters. The zero-order valence-corrected chi connectivity index (χ0v) is 8.76. The van der Waals surface area contributed by atoms with Crippen LogP contribution in [0.5, 0.6) is 5.75 Å². The first-order valence-corrected chi connectivity index (χ1v) is 4.75. The van der Waals surface area contributed by atoms with E-state index in [0.717, 1.165) is 18.2 Å². The summed E-state index contributed by atoms with van der Waals surface area (Å²) in [6.07, 6.45) is 0.476. The molecule has 1 N–H and O–H groups in total. The maximum absolute atomic E-state index is 13.1. The van der Waals surface area contributed by atoms with E-state index in [4.69, 9.17) is 4.74 Å². The van der Waals surface area contributed by atoms with E-state index in [2.05, 4.69) is 0 Å². The molecule has 1 aromatic rings. The van der Waals surface area contributed by atoms with Crippen LogP contribution in [0.4, 0.5) is 8.78 Å². The molecule has 0 aliphatic rings. The monoisotopic (exact) mass is 216 g/mol. The van der Waals surface area contributed by atoms with E-state index in [1.54, 1.807) is 13.8 Å². The fourth-order valence-electron chi connectivity index (χ4n) is 0.923. The molecule has 2 nitrogen and oxygen atoms in total. The van der Waals surface area contributed by atoms with Gasteiger partial charge in [0.2, 0.25) is 0 Å². The third-order valence-electron chi connectivity index (χ3n) is 2.19. The van der Waals surface area contributed by atoms with Gasteiger partial charge < -0.3 is 9.84 Å². The molecule has 0 aliphatic carbocycles. The molecule has 0 saturated carbocycles. The van der Waals surface area contributed by atoms with Gasteiger partial charge in [-0.3, -0.25) is 0 Å². The number of aliphatic hydroxyl groups is 1. The van der Waals surface area contributed by atoms with Gasteiger partial charge in [0.1, 0.15) is 12.4 Å². The standard InChI is InChI=1S/C11H14F2O2/c1-3-11(2,14)7-15-10-6-8(12)4-5-9(10)13/h4-6,14H,3,7H2,1-2H3. The lowest BCUT2D eigenvalue weighted by Crippen LogP contribution is -2.31. The van der Waals surface area contributed by atoms with Crippen LogP contribution in [-0.4, -0.2) is 17.3 Å². The Labute approximate surface area is 87.5 Å². The number of ether oxygens (including phenoxy) is 1. The second-order valence-corrected chi connectivity index (χ2v) is 3.71. The SMILES string of the molecule is CCC(C)(O)COc1cc(F)ccc1F. The van der Waals surface area contributed by atoms with Crippen LogP contribution in [0.15, 0.2) is 18.2 Å². The van der Waals surface area contributed by atoms with Crippen molar-refractivity contribution < 1.29 is 18.6 Å². The van der Waals surface area contributed by atoms with Crippen molar-refractivity contribution in [2.45, 2.75) is 25.9 Å². The van der Waals surface area contributed by atoms with E-state index in [-0.39, 0.29) is 12.4 Å². The molecular formula is C11H14F2O2. The molecule has 0 aliphatic heterocycles. The Morgan fingerprint density at radius 1 is 1.40 bits per heavy atom. The van der Waals surface area contributed by atoms with Crippen molar-refractivity contribution in [3.05, 3.63) is 29.8 Å². The molecule has 1 aromatic carbocycles. The second-order valence-electron chi connectivity index (χ2n) is 3.71. The van der Waals surface area contributed by atoms with Crippen molar-refractivity contribution in [3.8, 4) is 5.75 Å². The van der Waals surface area contributed by atoms with Gasteiger partial charge in [-0.05, 0) is 25.5 Å². The van der Waals surface area contributed by atoms with Crippen LogP contribution in [0.3, 0.4) is 0 Å². The molecular weight excluding hydrogens is 202 g/mol. The Kier molecular flexibility index (Phi) is 3.63. The lowest BCUT2D eigenvalue weighted by molar-refractivity contribution is 0.00723. The van der Waals surface area contributed by atoms with Gasteiger partial charge >= 0.3 is 0 Å². The van der Waals surface area contributed by atoms with Crippen molar-refractivity contribution >= 4 is 0 Å². The van der Waals surface area contributed by atoms with Crippen LogP contribution in [-0.2, 0) is 0 Å². The molecule has 0 fully saturated rings. The van der Waals surface area contributed by atoms with Crippen molar-refractivity contribution in [1.82, 2.24) is 0 Å². The highest BCUT2D eigenvalue weighted by molar-refractivity contribution is 5.24. The van der Waals surface area contributed by atoms with Gasteiger partial charge in [-0.2, -0.15) is 0 Å². The Hall–Kier alpha value is -1.16. The number of halogens is 2. The summed E-state index contributed by atoms with van der Waals surface area (Å²) in [6, 6.07) is 2.96. The van der Waals surface area contributed by atoms with Crippen molar-refractivity contribution in [2.24, 2.45) is 0 Å². The predicted molar refractivity (Wildman–Crippen MR) is 52.8 cm³/mol. The molecule has 0 radical (unpaired) electrons. The quantitative estimate of drug-likeness (QED) is 0.837. The zero-order chi connectivity index (χ0) is 11.5. The number of hydrogen-bond acceptors (Lipinski definition) is 2. The summed E-state index contributed by atoms with van der Waals surface area (Å²) in [6.45, 7) is 3.29. The lowest BCUT2D eigenvalue weighted by atomic mass is 10.1. The Bertz CT molecular complexity index is 337.